The van der Waals surface area contributed by atoms with Crippen molar-refractivity contribution < 1.29 is 19.6 Å². The standard InChI is InChI=1S/C13H16N2O3/c1-18-8-7-14-11-9-12(16)15(13(11)17)10-5-3-2-4-6-10/h2-6,11,14H,7-9H2,1H3/p+1/t11-/m0/s1. The molecule has 0 saturated carbocycles. The van der Waals surface area contributed by atoms with Crippen molar-refractivity contribution in [3.8, 4) is 0 Å². The lowest BCUT2D eigenvalue weighted by molar-refractivity contribution is -0.675. The zero-order valence-electron chi connectivity index (χ0n) is 10.3. The van der Waals surface area contributed by atoms with Crippen molar-refractivity contribution in [3.05, 3.63) is 30.3 Å². The Morgan fingerprint density at radius 1 is 1.33 bits per heavy atom. The lowest BCUT2D eigenvalue weighted by Crippen LogP contribution is -2.92. The molecule has 1 aromatic rings. The molecular formula is C13H17N2O3+. The van der Waals surface area contributed by atoms with Crippen LogP contribution in [0, 0.1) is 0 Å². The molecule has 96 valence electrons. The molecule has 1 aromatic carbocycles. The van der Waals surface area contributed by atoms with Crippen LogP contribution in [-0.2, 0) is 14.3 Å². The van der Waals surface area contributed by atoms with Crippen molar-refractivity contribution in [1.82, 2.24) is 0 Å². The molecule has 0 unspecified atom stereocenters. The molecule has 1 fully saturated rings. The predicted octanol–water partition coefficient (Wildman–Crippen LogP) is -0.472. The van der Waals surface area contributed by atoms with Gasteiger partial charge in [0.05, 0.1) is 25.3 Å². The van der Waals surface area contributed by atoms with Crippen molar-refractivity contribution in [2.24, 2.45) is 0 Å². The first-order chi connectivity index (χ1) is 8.74. The summed E-state index contributed by atoms with van der Waals surface area (Å²) in [6.45, 7) is 1.26. The zero-order valence-corrected chi connectivity index (χ0v) is 10.3. The number of anilines is 1. The third kappa shape index (κ3) is 2.57. The molecule has 0 aromatic heterocycles. The maximum atomic E-state index is 12.1. The fourth-order valence-electron chi connectivity index (χ4n) is 2.07. The van der Waals surface area contributed by atoms with Crippen LogP contribution in [0.15, 0.2) is 30.3 Å². The first kappa shape index (κ1) is 12.7. The van der Waals surface area contributed by atoms with Gasteiger partial charge in [-0.25, -0.2) is 4.90 Å². The quantitative estimate of drug-likeness (QED) is 0.567. The number of benzene rings is 1. The molecule has 2 amide bonds. The summed E-state index contributed by atoms with van der Waals surface area (Å²) >= 11 is 0. The third-order valence-corrected chi connectivity index (χ3v) is 2.97. The minimum atomic E-state index is -0.312. The molecule has 18 heavy (non-hydrogen) atoms. The van der Waals surface area contributed by atoms with E-state index < -0.39 is 0 Å². The van der Waals surface area contributed by atoms with Gasteiger partial charge in [0.25, 0.3) is 5.91 Å². The van der Waals surface area contributed by atoms with Crippen molar-refractivity contribution in [3.63, 3.8) is 0 Å². The highest BCUT2D eigenvalue weighted by Gasteiger charge is 2.41. The lowest BCUT2D eigenvalue weighted by Gasteiger charge is -2.13. The second-order valence-electron chi connectivity index (χ2n) is 4.23. The van der Waals surface area contributed by atoms with Gasteiger partial charge in [-0.15, -0.1) is 0 Å². The molecule has 1 aliphatic rings. The van der Waals surface area contributed by atoms with Gasteiger partial charge in [-0.1, -0.05) is 18.2 Å². The topological polar surface area (TPSA) is 63.2 Å². The van der Waals surface area contributed by atoms with Crippen LogP contribution >= 0.6 is 0 Å². The van der Waals surface area contributed by atoms with E-state index in [9.17, 15) is 9.59 Å². The molecule has 0 aliphatic carbocycles. The Bertz CT molecular complexity index is 433. The van der Waals surface area contributed by atoms with Crippen molar-refractivity contribution in [2.75, 3.05) is 25.2 Å². The molecule has 5 nitrogen and oxygen atoms in total. The zero-order chi connectivity index (χ0) is 13.0. The van der Waals surface area contributed by atoms with Crippen molar-refractivity contribution in [1.29, 1.82) is 0 Å². The molecule has 0 radical (unpaired) electrons. The first-order valence-corrected chi connectivity index (χ1v) is 5.98. The molecule has 1 aliphatic heterocycles. The fraction of sp³-hybridized carbons (Fsp3) is 0.385. The number of rotatable bonds is 5. The maximum Gasteiger partial charge on any atom is 0.292 e. The van der Waals surface area contributed by atoms with Gasteiger partial charge in [-0.3, -0.25) is 9.59 Å². The van der Waals surface area contributed by atoms with E-state index in [1.54, 1.807) is 19.2 Å². The predicted molar refractivity (Wildman–Crippen MR) is 66.0 cm³/mol. The number of imide groups is 1. The molecule has 1 saturated heterocycles. The lowest BCUT2D eigenvalue weighted by atomic mass is 10.2. The molecule has 5 heteroatoms. The Hall–Kier alpha value is -1.72. The summed E-state index contributed by atoms with van der Waals surface area (Å²) in [4.78, 5) is 25.3. The van der Waals surface area contributed by atoms with Crippen LogP contribution < -0.4 is 10.2 Å². The minimum Gasteiger partial charge on any atom is -0.379 e. The molecule has 0 spiro atoms. The summed E-state index contributed by atoms with van der Waals surface area (Å²) in [5.41, 5.74) is 0.648. The van der Waals surface area contributed by atoms with E-state index in [2.05, 4.69) is 0 Å². The highest BCUT2D eigenvalue weighted by atomic mass is 16.5. The van der Waals surface area contributed by atoms with E-state index in [1.807, 2.05) is 23.5 Å². The van der Waals surface area contributed by atoms with Crippen LogP contribution in [0.5, 0.6) is 0 Å². The second-order valence-corrected chi connectivity index (χ2v) is 4.23. The van der Waals surface area contributed by atoms with E-state index in [1.165, 1.54) is 4.90 Å². The maximum absolute atomic E-state index is 12.1. The van der Waals surface area contributed by atoms with E-state index >= 15 is 0 Å². The van der Waals surface area contributed by atoms with Crippen LogP contribution in [0.1, 0.15) is 6.42 Å². The van der Waals surface area contributed by atoms with Crippen molar-refractivity contribution in [2.45, 2.75) is 12.5 Å². The largest absolute Gasteiger partial charge is 0.379 e. The number of amides is 2. The van der Waals surface area contributed by atoms with E-state index in [4.69, 9.17) is 4.74 Å². The highest BCUT2D eigenvalue weighted by molar-refractivity contribution is 6.21. The number of nitrogens with two attached hydrogens (primary N) is 1. The summed E-state index contributed by atoms with van der Waals surface area (Å²) < 4.78 is 4.93. The number of hydrogen-bond donors (Lipinski definition) is 1. The monoisotopic (exact) mass is 249 g/mol. The summed E-state index contributed by atoms with van der Waals surface area (Å²) in [7, 11) is 1.62. The van der Waals surface area contributed by atoms with Crippen LogP contribution in [-0.4, -0.2) is 38.1 Å². The molecule has 2 rings (SSSR count). The van der Waals surface area contributed by atoms with Crippen LogP contribution in [0.2, 0.25) is 0 Å². The van der Waals surface area contributed by atoms with E-state index in [-0.39, 0.29) is 24.3 Å². The smallest absolute Gasteiger partial charge is 0.292 e. The minimum absolute atomic E-state index is 0.134. The van der Waals surface area contributed by atoms with Gasteiger partial charge >= 0.3 is 0 Å². The van der Waals surface area contributed by atoms with E-state index in [0.717, 1.165) is 0 Å². The van der Waals surface area contributed by atoms with Gasteiger partial charge < -0.3 is 10.1 Å². The first-order valence-electron chi connectivity index (χ1n) is 5.98. The fourth-order valence-corrected chi connectivity index (χ4v) is 2.07. The Morgan fingerprint density at radius 2 is 2.06 bits per heavy atom. The summed E-state index contributed by atoms with van der Waals surface area (Å²) in [5, 5.41) is 1.87. The summed E-state index contributed by atoms with van der Waals surface area (Å²) in [6.07, 6.45) is 0.261. The Labute approximate surface area is 106 Å². The Kier molecular flexibility index (Phi) is 4.07. The van der Waals surface area contributed by atoms with Crippen LogP contribution in [0.25, 0.3) is 0 Å². The number of nitrogens with zero attached hydrogens (tertiary/aromatic N) is 1. The van der Waals surface area contributed by atoms with Crippen molar-refractivity contribution >= 4 is 17.5 Å². The number of methoxy groups -OCH3 is 1. The number of ether oxygens (including phenoxy) is 1. The number of carbonyl (C=O) groups excluding carboxylic acids is 2. The summed E-state index contributed by atoms with van der Waals surface area (Å²) in [5.74, 6) is -0.271. The van der Waals surface area contributed by atoms with Gasteiger partial charge in [-0.2, -0.15) is 0 Å². The van der Waals surface area contributed by atoms with Crippen LogP contribution in [0.4, 0.5) is 5.69 Å². The van der Waals surface area contributed by atoms with Gasteiger partial charge in [0, 0.05) is 7.11 Å². The molecular weight excluding hydrogens is 232 g/mol. The highest BCUT2D eigenvalue weighted by Crippen LogP contribution is 2.20. The summed E-state index contributed by atoms with van der Waals surface area (Å²) in [6, 6.07) is 8.72. The number of carbonyl (C=O) groups is 2. The SMILES string of the molecule is COCC[NH2+][C@H]1CC(=O)N(c2ccccc2)C1=O. The van der Waals surface area contributed by atoms with Gasteiger partial charge in [0.15, 0.2) is 6.04 Å². The van der Waals surface area contributed by atoms with E-state index in [0.29, 0.717) is 18.8 Å². The second kappa shape index (κ2) is 5.75. The average molecular weight is 249 g/mol. The number of hydrogen-bond acceptors (Lipinski definition) is 3. The molecule has 2 N–H and O–H groups in total. The number of quaternary nitrogens is 1. The average Bonchev–Trinajstić information content (AvgIpc) is 2.66. The van der Waals surface area contributed by atoms with Gasteiger partial charge in [-0.05, 0) is 12.1 Å². The molecule has 1 atom stereocenters. The molecule has 0 bridgehead atoms. The molecule has 1 heterocycles. The Balaban J connectivity index is 2.06. The third-order valence-electron chi connectivity index (χ3n) is 2.97. The van der Waals surface area contributed by atoms with Crippen LogP contribution in [0.3, 0.4) is 0 Å². The normalized spacial score (nSPS) is 19.6. The van der Waals surface area contributed by atoms with Gasteiger partial charge in [0.2, 0.25) is 5.91 Å². The van der Waals surface area contributed by atoms with Gasteiger partial charge in [0.1, 0.15) is 0 Å². The number of para-hydroxylation sites is 1. The Morgan fingerprint density at radius 3 is 2.72 bits per heavy atom.